The van der Waals surface area contributed by atoms with Crippen LogP contribution in [0, 0.1) is 5.92 Å². The number of thiophene rings is 2. The molecule has 6 heteroatoms. The zero-order chi connectivity index (χ0) is 40.8. The highest BCUT2D eigenvalue weighted by Gasteiger charge is 2.36. The Labute approximate surface area is 362 Å². The van der Waals surface area contributed by atoms with Crippen molar-refractivity contribution in [1.82, 2.24) is 9.97 Å². The Hall–Kier alpha value is -6.60. The smallest absolute Gasteiger partial charge is 0.160 e. The average Bonchev–Trinajstić information content (AvgIpc) is 3.96. The van der Waals surface area contributed by atoms with Gasteiger partial charge in [-0.25, -0.2) is 15.0 Å². The molecule has 0 spiro atoms. The number of rotatable bonds is 6. The predicted octanol–water partition coefficient (Wildman–Crippen LogP) is 14.9. The van der Waals surface area contributed by atoms with Gasteiger partial charge in [-0.1, -0.05) is 154 Å². The van der Waals surface area contributed by atoms with E-state index in [0.717, 1.165) is 61.8 Å². The molecule has 7 aromatic carbocycles. The van der Waals surface area contributed by atoms with Gasteiger partial charge in [0.05, 0.1) is 27.7 Å². The Morgan fingerprint density at radius 1 is 0.557 bits per heavy atom. The zero-order valence-corrected chi connectivity index (χ0v) is 35.7. The Balaban J connectivity index is 1.06. The van der Waals surface area contributed by atoms with Crippen LogP contribution in [0.25, 0.3) is 74.2 Å². The second kappa shape index (κ2) is 14.0. The van der Waals surface area contributed by atoms with Crippen LogP contribution in [0.15, 0.2) is 174 Å². The topological polar surface area (TPSA) is 50.5 Å². The molecule has 3 aromatic heterocycles. The molecule has 292 valence electrons. The van der Waals surface area contributed by atoms with E-state index in [1.165, 1.54) is 58.3 Å². The zero-order valence-electron chi connectivity index (χ0n) is 34.1. The standard InChI is InChI=1S/C55H40N4S2/c1-4-36-48(32-16-7-5-8-17-32)56-53(33-18-9-6-10-19-33)58-50(36)40-22-15-25-46-47(40)41-30-34(27-29-45(41)60-46)49-52-51(39-21-12-14-24-44(39)61-52)59-54(57-49)35-26-28-38-37-20-11-13-23-42(37)55(2,3)43(38)31-35/h5-31,36,48H,4H2,1-3H3. The average molecular weight is 821 g/mol. The summed E-state index contributed by atoms with van der Waals surface area (Å²) >= 11 is 3.63. The van der Waals surface area contributed by atoms with Crippen molar-refractivity contribution in [3.63, 3.8) is 0 Å². The fraction of sp³-hybridized carbons (Fsp3) is 0.127. The summed E-state index contributed by atoms with van der Waals surface area (Å²) in [5.41, 5.74) is 13.8. The van der Waals surface area contributed by atoms with Crippen LogP contribution in [0.3, 0.4) is 0 Å². The SMILES string of the molecule is CCC1C(c2cccc3sc4ccc(-c5nc(-c6ccc7c(c6)C(C)(C)c6ccccc6-7)nc6c5sc5ccccc56)cc4c23)=NC(c2ccccc2)=NC1c1ccccc1. The first-order valence-corrected chi connectivity index (χ1v) is 22.7. The first-order chi connectivity index (χ1) is 29.9. The third-order valence-electron chi connectivity index (χ3n) is 12.9. The number of aromatic nitrogens is 2. The lowest BCUT2D eigenvalue weighted by Gasteiger charge is -2.30. The largest absolute Gasteiger partial charge is 0.257 e. The van der Waals surface area contributed by atoms with Crippen LogP contribution in [0.2, 0.25) is 0 Å². The highest BCUT2D eigenvalue weighted by Crippen LogP contribution is 2.50. The minimum absolute atomic E-state index is 0.0516. The normalized spacial score (nSPS) is 16.8. The predicted molar refractivity (Wildman–Crippen MR) is 259 cm³/mol. The maximum atomic E-state index is 5.52. The summed E-state index contributed by atoms with van der Waals surface area (Å²) in [6.07, 6.45) is 0.910. The molecule has 12 rings (SSSR count). The van der Waals surface area contributed by atoms with Gasteiger partial charge < -0.3 is 0 Å². The second-order valence-electron chi connectivity index (χ2n) is 16.8. The van der Waals surface area contributed by atoms with Crippen LogP contribution >= 0.6 is 22.7 Å². The van der Waals surface area contributed by atoms with Gasteiger partial charge in [-0.3, -0.25) is 4.99 Å². The third-order valence-corrected chi connectivity index (χ3v) is 15.2. The second-order valence-corrected chi connectivity index (χ2v) is 18.9. The number of nitrogens with zero attached hydrogens (tertiary/aromatic N) is 4. The Morgan fingerprint density at radius 2 is 1.26 bits per heavy atom. The van der Waals surface area contributed by atoms with E-state index < -0.39 is 0 Å². The summed E-state index contributed by atoms with van der Waals surface area (Å²) in [5, 5.41) is 3.62. The van der Waals surface area contributed by atoms with Gasteiger partial charge in [0.1, 0.15) is 0 Å². The van der Waals surface area contributed by atoms with Gasteiger partial charge in [0, 0.05) is 63.8 Å². The maximum absolute atomic E-state index is 5.52. The molecule has 10 aromatic rings. The van der Waals surface area contributed by atoms with Crippen molar-refractivity contribution < 1.29 is 0 Å². The van der Waals surface area contributed by atoms with Crippen molar-refractivity contribution in [1.29, 1.82) is 0 Å². The summed E-state index contributed by atoms with van der Waals surface area (Å²) in [5.74, 6) is 1.63. The summed E-state index contributed by atoms with van der Waals surface area (Å²) in [6.45, 7) is 6.93. The van der Waals surface area contributed by atoms with Crippen LogP contribution in [0.5, 0.6) is 0 Å². The van der Waals surface area contributed by atoms with Gasteiger partial charge >= 0.3 is 0 Å². The van der Waals surface area contributed by atoms with Crippen LogP contribution in [-0.2, 0) is 5.41 Å². The molecule has 2 unspecified atom stereocenters. The van der Waals surface area contributed by atoms with Crippen LogP contribution < -0.4 is 0 Å². The number of hydrogen-bond donors (Lipinski definition) is 0. The van der Waals surface area contributed by atoms with Gasteiger partial charge in [-0.2, -0.15) is 0 Å². The lowest BCUT2D eigenvalue weighted by atomic mass is 9.82. The molecule has 0 amide bonds. The molecular formula is C55H40N4S2. The number of amidine groups is 1. The van der Waals surface area contributed by atoms with Crippen LogP contribution in [0.1, 0.15) is 61.1 Å². The molecule has 0 fully saturated rings. The van der Waals surface area contributed by atoms with E-state index in [4.69, 9.17) is 20.0 Å². The number of benzene rings is 7. The fourth-order valence-electron chi connectivity index (χ4n) is 9.90. The van der Waals surface area contributed by atoms with E-state index >= 15 is 0 Å². The van der Waals surface area contributed by atoms with Crippen molar-refractivity contribution in [3.05, 3.63) is 192 Å². The molecule has 1 aliphatic heterocycles. The monoisotopic (exact) mass is 820 g/mol. The van der Waals surface area contributed by atoms with E-state index in [9.17, 15) is 0 Å². The van der Waals surface area contributed by atoms with Crippen LogP contribution in [0.4, 0.5) is 0 Å². The molecule has 0 saturated heterocycles. The highest BCUT2D eigenvalue weighted by atomic mass is 32.1. The van der Waals surface area contributed by atoms with Crippen molar-refractivity contribution in [2.45, 2.75) is 38.6 Å². The van der Waals surface area contributed by atoms with E-state index in [1.54, 1.807) is 11.3 Å². The lowest BCUT2D eigenvalue weighted by molar-refractivity contribution is 0.533. The van der Waals surface area contributed by atoms with E-state index in [-0.39, 0.29) is 17.4 Å². The molecule has 0 bridgehead atoms. The van der Waals surface area contributed by atoms with Crippen molar-refractivity contribution >= 4 is 74.7 Å². The molecule has 61 heavy (non-hydrogen) atoms. The molecule has 2 aliphatic rings. The third kappa shape index (κ3) is 5.69. The first kappa shape index (κ1) is 36.3. The Kier molecular flexibility index (Phi) is 8.31. The number of fused-ring (bicyclic) bond motifs is 9. The Morgan fingerprint density at radius 3 is 2.11 bits per heavy atom. The Bertz CT molecular complexity index is 3450. The quantitative estimate of drug-likeness (QED) is 0.168. The van der Waals surface area contributed by atoms with E-state index in [2.05, 4.69) is 185 Å². The first-order valence-electron chi connectivity index (χ1n) is 21.1. The van der Waals surface area contributed by atoms with Crippen molar-refractivity contribution in [2.24, 2.45) is 15.9 Å². The molecule has 4 nitrogen and oxygen atoms in total. The summed E-state index contributed by atoms with van der Waals surface area (Å²) in [4.78, 5) is 21.7. The number of hydrogen-bond acceptors (Lipinski definition) is 6. The van der Waals surface area contributed by atoms with Gasteiger partial charge in [0.25, 0.3) is 0 Å². The van der Waals surface area contributed by atoms with Crippen molar-refractivity contribution in [2.75, 3.05) is 0 Å². The van der Waals surface area contributed by atoms with Crippen LogP contribution in [-0.4, -0.2) is 21.5 Å². The minimum atomic E-state index is -0.124. The maximum Gasteiger partial charge on any atom is 0.160 e. The van der Waals surface area contributed by atoms with Gasteiger partial charge in [-0.15, -0.1) is 22.7 Å². The molecule has 0 radical (unpaired) electrons. The molecule has 0 N–H and O–H groups in total. The summed E-state index contributed by atoms with van der Waals surface area (Å²) in [7, 11) is 0. The molecule has 1 aliphatic carbocycles. The van der Waals surface area contributed by atoms with Gasteiger partial charge in [0.15, 0.2) is 11.7 Å². The fourth-order valence-corrected chi connectivity index (χ4v) is 12.2. The van der Waals surface area contributed by atoms with Gasteiger partial charge in [0.2, 0.25) is 0 Å². The highest BCUT2D eigenvalue weighted by molar-refractivity contribution is 7.26. The summed E-state index contributed by atoms with van der Waals surface area (Å²) in [6, 6.07) is 59.0. The number of aliphatic imine (C=N–C) groups is 2. The lowest BCUT2D eigenvalue weighted by Crippen LogP contribution is -2.28. The van der Waals surface area contributed by atoms with E-state index in [0.29, 0.717) is 0 Å². The molecule has 2 atom stereocenters. The van der Waals surface area contributed by atoms with Gasteiger partial charge in [-0.05, 0) is 64.6 Å². The van der Waals surface area contributed by atoms with E-state index in [1.807, 2.05) is 11.3 Å². The molecular weight excluding hydrogens is 781 g/mol. The minimum Gasteiger partial charge on any atom is -0.257 e. The van der Waals surface area contributed by atoms with Crippen molar-refractivity contribution in [3.8, 4) is 33.8 Å². The molecule has 4 heterocycles. The molecule has 0 saturated carbocycles. The summed E-state index contributed by atoms with van der Waals surface area (Å²) < 4.78 is 4.81.